The summed E-state index contributed by atoms with van der Waals surface area (Å²) in [4.78, 5) is 30.6. The zero-order valence-corrected chi connectivity index (χ0v) is 23.9. The van der Waals surface area contributed by atoms with Crippen LogP contribution >= 0.6 is 0 Å². The Morgan fingerprint density at radius 2 is 1.82 bits per heavy atom. The van der Waals surface area contributed by atoms with Crippen molar-refractivity contribution in [2.45, 2.75) is 57.7 Å². The number of amides is 2. The van der Waals surface area contributed by atoms with Crippen LogP contribution in [0.1, 0.15) is 49.9 Å². The van der Waals surface area contributed by atoms with E-state index in [0.29, 0.717) is 56.6 Å². The molecule has 0 radical (unpaired) electrons. The fraction of sp³-hybridized carbons (Fsp3) is 0.724. The maximum atomic E-state index is 13.7. The van der Waals surface area contributed by atoms with E-state index in [1.54, 1.807) is 32.4 Å². The number of nitrogens with zero attached hydrogens (tertiary/aromatic N) is 2. The fourth-order valence-corrected chi connectivity index (χ4v) is 5.30. The molecule has 1 saturated carbocycles. The van der Waals surface area contributed by atoms with E-state index in [1.807, 2.05) is 23.6 Å². The Labute approximate surface area is 232 Å². The predicted octanol–water partition coefficient (Wildman–Crippen LogP) is 3.19. The molecule has 2 heterocycles. The molecule has 1 N–H and O–H groups in total. The molecule has 4 rings (SSSR count). The van der Waals surface area contributed by atoms with Crippen LogP contribution in [0.3, 0.4) is 0 Å². The Morgan fingerprint density at radius 1 is 1.05 bits per heavy atom. The first-order valence-electron chi connectivity index (χ1n) is 14.3. The Balaban J connectivity index is 1.41. The van der Waals surface area contributed by atoms with Crippen molar-refractivity contribution in [2.75, 3.05) is 66.8 Å². The molecule has 10 nitrogen and oxygen atoms in total. The van der Waals surface area contributed by atoms with Crippen molar-refractivity contribution in [1.82, 2.24) is 15.1 Å². The highest BCUT2D eigenvalue weighted by atomic mass is 16.6. The highest BCUT2D eigenvalue weighted by Gasteiger charge is 2.40. The monoisotopic (exact) mass is 547 g/mol. The molecule has 1 aliphatic carbocycles. The minimum absolute atomic E-state index is 0.0128. The maximum absolute atomic E-state index is 13.7. The van der Waals surface area contributed by atoms with Gasteiger partial charge in [0, 0.05) is 70.4 Å². The lowest BCUT2D eigenvalue weighted by Gasteiger charge is -2.33. The molecule has 1 unspecified atom stereocenters. The zero-order valence-electron chi connectivity index (χ0n) is 23.9. The van der Waals surface area contributed by atoms with Crippen molar-refractivity contribution >= 4 is 12.0 Å². The van der Waals surface area contributed by atoms with E-state index in [-0.39, 0.29) is 42.0 Å². The van der Waals surface area contributed by atoms with E-state index in [9.17, 15) is 9.59 Å². The lowest BCUT2D eigenvalue weighted by atomic mass is 9.94. The Morgan fingerprint density at radius 3 is 2.46 bits per heavy atom. The van der Waals surface area contributed by atoms with Crippen LogP contribution < -0.4 is 14.8 Å². The van der Waals surface area contributed by atoms with Crippen LogP contribution in [0.5, 0.6) is 11.5 Å². The van der Waals surface area contributed by atoms with Gasteiger partial charge in [-0.2, -0.15) is 0 Å². The average molecular weight is 548 g/mol. The van der Waals surface area contributed by atoms with Crippen LogP contribution in [0, 0.1) is 11.8 Å². The number of hydrogen-bond acceptors (Lipinski definition) is 8. The third kappa shape index (κ3) is 7.99. The summed E-state index contributed by atoms with van der Waals surface area (Å²) in [7, 11) is 3.25. The summed E-state index contributed by atoms with van der Waals surface area (Å²) in [5.41, 5.74) is 0.565. The topological polar surface area (TPSA) is 98.8 Å². The molecule has 3 fully saturated rings. The van der Waals surface area contributed by atoms with Crippen molar-refractivity contribution in [3.8, 4) is 11.5 Å². The molecular weight excluding hydrogens is 502 g/mol. The van der Waals surface area contributed by atoms with E-state index in [0.717, 1.165) is 38.8 Å². The molecule has 1 aromatic rings. The van der Waals surface area contributed by atoms with Gasteiger partial charge in [0.1, 0.15) is 6.10 Å². The number of carbonyl (C=O) groups is 2. The number of carbonyl (C=O) groups excluding carboxylic acids is 2. The number of ether oxygens (including phenoxy) is 5. The first-order valence-corrected chi connectivity index (χ1v) is 14.3. The van der Waals surface area contributed by atoms with Gasteiger partial charge in [-0.3, -0.25) is 4.79 Å². The molecule has 218 valence electrons. The fourth-order valence-electron chi connectivity index (χ4n) is 5.30. The molecule has 1 aromatic carbocycles. The van der Waals surface area contributed by atoms with E-state index in [1.165, 1.54) is 0 Å². The van der Waals surface area contributed by atoms with Gasteiger partial charge in [-0.1, -0.05) is 0 Å². The summed E-state index contributed by atoms with van der Waals surface area (Å²) in [5, 5.41) is 3.50. The highest BCUT2D eigenvalue weighted by molar-refractivity contribution is 5.95. The predicted molar refractivity (Wildman–Crippen MR) is 146 cm³/mol. The standard InChI is InChI=1S/C29H45N3O7/c1-20(2)31(28(33)21-6-9-26(36-4)27(14-21)38-12-5-11-35-3)17-22-15-30-16-23(22)18-32(24-7-8-24)29(34)39-25-10-13-37-19-25/h6,9,14,20,22-25,30H,5,7-8,10-13,15-19H2,1-4H3/t22-,23-,25?/m0/s1. The summed E-state index contributed by atoms with van der Waals surface area (Å²) in [6, 6.07) is 5.61. The molecule has 0 bridgehead atoms. The van der Waals surface area contributed by atoms with Gasteiger partial charge in [0.15, 0.2) is 11.5 Å². The smallest absolute Gasteiger partial charge is 0.410 e. The molecule has 10 heteroatoms. The highest BCUT2D eigenvalue weighted by Crippen LogP contribution is 2.32. The van der Waals surface area contributed by atoms with Gasteiger partial charge in [0.2, 0.25) is 0 Å². The second kappa shape index (κ2) is 14.2. The molecule has 2 saturated heterocycles. The number of benzene rings is 1. The first-order chi connectivity index (χ1) is 18.9. The minimum atomic E-state index is -0.230. The second-order valence-corrected chi connectivity index (χ2v) is 11.0. The number of hydrogen-bond donors (Lipinski definition) is 1. The third-order valence-corrected chi connectivity index (χ3v) is 7.76. The van der Waals surface area contributed by atoms with Crippen LogP contribution in [0.2, 0.25) is 0 Å². The van der Waals surface area contributed by atoms with Crippen LogP contribution in [0.25, 0.3) is 0 Å². The van der Waals surface area contributed by atoms with Gasteiger partial charge in [0.25, 0.3) is 5.91 Å². The first kappa shape index (κ1) is 29.4. The van der Waals surface area contributed by atoms with Gasteiger partial charge in [-0.05, 0) is 56.7 Å². The largest absolute Gasteiger partial charge is 0.493 e. The normalized spacial score (nSPS) is 22.6. The molecule has 3 aliphatic rings. The summed E-state index contributed by atoms with van der Waals surface area (Å²) in [6.45, 7) is 9.14. The minimum Gasteiger partial charge on any atom is -0.493 e. The van der Waals surface area contributed by atoms with Gasteiger partial charge in [0.05, 0.1) is 26.9 Å². The van der Waals surface area contributed by atoms with Gasteiger partial charge < -0.3 is 38.8 Å². The van der Waals surface area contributed by atoms with E-state index in [4.69, 9.17) is 23.7 Å². The van der Waals surface area contributed by atoms with Crippen molar-refractivity contribution in [3.63, 3.8) is 0 Å². The zero-order chi connectivity index (χ0) is 27.8. The van der Waals surface area contributed by atoms with E-state index >= 15 is 0 Å². The van der Waals surface area contributed by atoms with Crippen LogP contribution in [0.4, 0.5) is 4.79 Å². The SMILES string of the molecule is COCCCOc1cc(C(=O)N(C[C@@H]2CNC[C@H]2CN(C(=O)OC2CCOC2)C2CC2)C(C)C)ccc1OC. The van der Waals surface area contributed by atoms with E-state index in [2.05, 4.69) is 5.32 Å². The molecular formula is C29H45N3O7. The molecule has 39 heavy (non-hydrogen) atoms. The van der Waals surface area contributed by atoms with Crippen molar-refractivity contribution in [2.24, 2.45) is 11.8 Å². The van der Waals surface area contributed by atoms with E-state index < -0.39 is 0 Å². The summed E-state index contributed by atoms with van der Waals surface area (Å²) in [6.07, 6.45) is 3.16. The summed E-state index contributed by atoms with van der Waals surface area (Å²) < 4.78 is 27.6. The van der Waals surface area contributed by atoms with Gasteiger partial charge >= 0.3 is 6.09 Å². The summed E-state index contributed by atoms with van der Waals surface area (Å²) >= 11 is 0. The Hall–Kier alpha value is -2.56. The number of nitrogens with one attached hydrogen (secondary N) is 1. The third-order valence-electron chi connectivity index (χ3n) is 7.76. The molecule has 2 aliphatic heterocycles. The lowest BCUT2D eigenvalue weighted by Crippen LogP contribution is -2.45. The lowest BCUT2D eigenvalue weighted by molar-refractivity contribution is 0.0454. The second-order valence-electron chi connectivity index (χ2n) is 11.0. The Kier molecular flexibility index (Phi) is 10.7. The molecule has 0 aromatic heterocycles. The van der Waals surface area contributed by atoms with Crippen molar-refractivity contribution < 1.29 is 33.3 Å². The van der Waals surface area contributed by atoms with Gasteiger partial charge in [-0.25, -0.2) is 4.79 Å². The molecule has 3 atom stereocenters. The van der Waals surface area contributed by atoms with Crippen LogP contribution in [0.15, 0.2) is 18.2 Å². The quantitative estimate of drug-likeness (QED) is 0.355. The maximum Gasteiger partial charge on any atom is 0.410 e. The van der Waals surface area contributed by atoms with Gasteiger partial charge in [-0.15, -0.1) is 0 Å². The number of rotatable bonds is 14. The van der Waals surface area contributed by atoms with Crippen LogP contribution in [-0.2, 0) is 14.2 Å². The van der Waals surface area contributed by atoms with Crippen LogP contribution in [-0.4, -0.2) is 107 Å². The van der Waals surface area contributed by atoms with Crippen molar-refractivity contribution in [3.05, 3.63) is 23.8 Å². The molecule has 2 amide bonds. The number of methoxy groups -OCH3 is 2. The van der Waals surface area contributed by atoms with Crippen molar-refractivity contribution in [1.29, 1.82) is 0 Å². The Bertz CT molecular complexity index is 949. The summed E-state index contributed by atoms with van der Waals surface area (Å²) in [5.74, 6) is 1.57. The average Bonchev–Trinajstić information content (AvgIpc) is 3.45. The molecule has 0 spiro atoms.